The van der Waals surface area contributed by atoms with E-state index >= 15 is 0 Å². The molecule has 0 aromatic carbocycles. The smallest absolute Gasteiger partial charge is 0.289 e. The minimum absolute atomic E-state index is 0.0278. The quantitative estimate of drug-likeness (QED) is 0.0933. The second-order valence-corrected chi connectivity index (χ2v) is 13.4. The Morgan fingerprint density at radius 2 is 1.02 bits per heavy atom. The Bertz CT molecular complexity index is 1980. The van der Waals surface area contributed by atoms with E-state index in [9.17, 15) is 30.3 Å². The van der Waals surface area contributed by atoms with Crippen molar-refractivity contribution >= 4 is 77.6 Å². The second kappa shape index (κ2) is 24.5. The van der Waals surface area contributed by atoms with E-state index in [1.807, 2.05) is 31.7 Å². The normalized spacial score (nSPS) is 13.3. The molecule has 6 heterocycles. The number of nitrogens with two attached hydrogens (primary N) is 1. The lowest BCUT2D eigenvalue weighted by molar-refractivity contribution is -0.385. The molecule has 58 heavy (non-hydrogen) atoms. The van der Waals surface area contributed by atoms with Crippen LogP contribution in [0, 0.1) is 30.3 Å². The number of morpholine rings is 2. The van der Waals surface area contributed by atoms with Gasteiger partial charge in [-0.3, -0.25) is 30.3 Å². The van der Waals surface area contributed by atoms with E-state index in [-0.39, 0.29) is 22.2 Å². The molecule has 0 aliphatic carbocycles. The number of aromatic nitrogens is 4. The molecule has 21 nitrogen and oxygen atoms in total. The summed E-state index contributed by atoms with van der Waals surface area (Å²) >= 11 is 11.6. The Kier molecular flexibility index (Phi) is 19.9. The van der Waals surface area contributed by atoms with Gasteiger partial charge in [0, 0.05) is 44.4 Å². The fraction of sp³-hybridized carbons (Fsp3) is 0.412. The molecule has 0 saturated carbocycles. The summed E-state index contributed by atoms with van der Waals surface area (Å²) in [6.07, 6.45) is 5.10. The molecular weight excluding hydrogens is 920 g/mol. The minimum atomic E-state index is -0.534. The molecule has 2 aliphatic rings. The number of hydrogen-bond donors (Lipinski definition) is 1. The van der Waals surface area contributed by atoms with Crippen LogP contribution in [0.15, 0.2) is 58.0 Å². The van der Waals surface area contributed by atoms with Crippen molar-refractivity contribution in [2.45, 2.75) is 20.8 Å². The maximum Gasteiger partial charge on any atom is 0.289 e. The predicted molar refractivity (Wildman–Crippen MR) is 221 cm³/mol. The van der Waals surface area contributed by atoms with Gasteiger partial charge < -0.3 is 39.2 Å². The van der Waals surface area contributed by atoms with Gasteiger partial charge in [0.2, 0.25) is 17.6 Å². The molecule has 6 rings (SSSR count). The number of halogens is 3. The molecule has 0 spiro atoms. The third-order valence-corrected chi connectivity index (χ3v) is 9.13. The zero-order valence-electron chi connectivity index (χ0n) is 31.6. The molecule has 0 atom stereocenters. The molecule has 2 N–H and O–H groups in total. The van der Waals surface area contributed by atoms with Crippen molar-refractivity contribution in [3.8, 4) is 17.6 Å². The number of nitrogen functional groups attached to an aromatic ring is 1. The van der Waals surface area contributed by atoms with Crippen LogP contribution in [0.25, 0.3) is 0 Å². The minimum Gasteiger partial charge on any atom is -0.477 e. The summed E-state index contributed by atoms with van der Waals surface area (Å²) in [7, 11) is 0. The molecule has 2 saturated heterocycles. The predicted octanol–water partition coefficient (Wildman–Crippen LogP) is 6.68. The summed E-state index contributed by atoms with van der Waals surface area (Å²) in [5.74, 6) is 1.46. The van der Waals surface area contributed by atoms with E-state index < -0.39 is 14.8 Å². The third kappa shape index (κ3) is 14.9. The topological polar surface area (TPSA) is 260 Å². The number of nitrogens with zero attached hydrogens (tertiary/aromatic N) is 9. The van der Waals surface area contributed by atoms with Crippen molar-refractivity contribution in [3.63, 3.8) is 0 Å². The molecule has 0 amide bonds. The second-order valence-electron chi connectivity index (χ2n) is 11.3. The summed E-state index contributed by atoms with van der Waals surface area (Å²) in [5.41, 5.74) is 7.87. The molecule has 0 unspecified atom stereocenters. The number of pyridine rings is 4. The fourth-order valence-corrected chi connectivity index (χ4v) is 5.70. The van der Waals surface area contributed by atoms with E-state index in [0.29, 0.717) is 84.1 Å². The first-order valence-electron chi connectivity index (χ1n) is 17.5. The molecule has 0 bridgehead atoms. The largest absolute Gasteiger partial charge is 0.477 e. The van der Waals surface area contributed by atoms with Crippen LogP contribution >= 0.6 is 43.5 Å². The number of hydrogen-bond acceptors (Lipinski definition) is 18. The highest BCUT2D eigenvalue weighted by Crippen LogP contribution is 2.31. The Hall–Kier alpha value is -5.23. The van der Waals surface area contributed by atoms with Gasteiger partial charge in [-0.15, -0.1) is 0 Å². The van der Waals surface area contributed by atoms with Crippen LogP contribution in [-0.2, 0) is 9.47 Å². The van der Waals surface area contributed by atoms with Gasteiger partial charge in [-0.25, -0.2) is 19.9 Å². The molecule has 0 radical (unpaired) electrons. The third-order valence-electron chi connectivity index (χ3n) is 7.43. The fourth-order valence-electron chi connectivity index (χ4n) is 4.81. The summed E-state index contributed by atoms with van der Waals surface area (Å²) in [6, 6.07) is 6.07. The van der Waals surface area contributed by atoms with Crippen LogP contribution in [-0.4, -0.2) is 107 Å². The maximum atomic E-state index is 10.8. The first-order chi connectivity index (χ1) is 27.8. The standard InChI is InChI=1S/C11H15N3O4.C11H17N3O2.C7H7BrN2O3.C5H2BrClN2O2/c1-2-18-11-10(13-3-5-17-6-4-13)7-9(8-12-11)14(15)16;1-2-16-11-10(7-9(12)8-13-11)14-3-5-15-6-4-14;1-2-13-7-6(8)3-5(4-9-7)10(11)12;6-4-1-3(9(10)11)2-8-5(4)7/h7-8H,2-6H2,1H3;7-8H,2-6,12H2,1H3;3-4H,2H2,1H3;1-2H. The van der Waals surface area contributed by atoms with Gasteiger partial charge >= 0.3 is 0 Å². The molecule has 2 fully saturated rings. The van der Waals surface area contributed by atoms with Crippen LogP contribution in [0.3, 0.4) is 0 Å². The van der Waals surface area contributed by atoms with Gasteiger partial charge in [-0.05, 0) is 58.7 Å². The summed E-state index contributed by atoms with van der Waals surface area (Å²) in [5, 5.41) is 31.5. The van der Waals surface area contributed by atoms with Crippen molar-refractivity contribution < 1.29 is 38.5 Å². The highest BCUT2D eigenvalue weighted by atomic mass is 79.9. The molecule has 4 aromatic rings. The van der Waals surface area contributed by atoms with Crippen LogP contribution in [0.5, 0.6) is 17.6 Å². The van der Waals surface area contributed by atoms with E-state index in [0.717, 1.165) is 44.4 Å². The van der Waals surface area contributed by atoms with Crippen molar-refractivity contribution in [1.82, 2.24) is 19.9 Å². The van der Waals surface area contributed by atoms with Gasteiger partial charge in [-0.2, -0.15) is 0 Å². The SMILES string of the molecule is CCOc1ncc(N)cc1N1CCOCC1.CCOc1ncc([N+](=O)[O-])cc1Br.CCOc1ncc([N+](=O)[O-])cc1N1CCOCC1.O=[N+]([O-])c1cnc(Cl)c(Br)c1. The van der Waals surface area contributed by atoms with E-state index in [1.54, 1.807) is 6.20 Å². The average molecular weight is 961 g/mol. The lowest BCUT2D eigenvalue weighted by Crippen LogP contribution is -2.36. The first kappa shape index (κ1) is 47.1. The van der Waals surface area contributed by atoms with Gasteiger partial charge in [0.1, 0.15) is 35.1 Å². The Balaban J connectivity index is 0.000000210. The monoisotopic (exact) mass is 958 g/mol. The van der Waals surface area contributed by atoms with Crippen molar-refractivity contribution in [2.24, 2.45) is 0 Å². The highest BCUT2D eigenvalue weighted by molar-refractivity contribution is 9.10. The Labute approximate surface area is 354 Å². The Morgan fingerprint density at radius 1 is 0.638 bits per heavy atom. The van der Waals surface area contributed by atoms with Crippen LogP contribution in [0.1, 0.15) is 20.8 Å². The summed E-state index contributed by atoms with van der Waals surface area (Å²) in [6.45, 7) is 12.9. The number of nitro groups is 3. The molecule has 2 aliphatic heterocycles. The highest BCUT2D eigenvalue weighted by Gasteiger charge is 2.21. The number of ether oxygens (including phenoxy) is 5. The summed E-state index contributed by atoms with van der Waals surface area (Å²) in [4.78, 5) is 49.6. The van der Waals surface area contributed by atoms with Gasteiger partial charge in [0.15, 0.2) is 0 Å². The summed E-state index contributed by atoms with van der Waals surface area (Å²) < 4.78 is 27.5. The first-order valence-corrected chi connectivity index (χ1v) is 19.4. The lowest BCUT2D eigenvalue weighted by Gasteiger charge is -2.29. The molecular formula is C34H41Br2ClN10O11. The van der Waals surface area contributed by atoms with Crippen LogP contribution in [0.4, 0.5) is 34.1 Å². The van der Waals surface area contributed by atoms with E-state index in [2.05, 4.69) is 56.7 Å². The van der Waals surface area contributed by atoms with Crippen molar-refractivity contribution in [1.29, 1.82) is 0 Å². The van der Waals surface area contributed by atoms with E-state index in [1.165, 1.54) is 24.4 Å². The van der Waals surface area contributed by atoms with Crippen LogP contribution in [0.2, 0.25) is 5.15 Å². The van der Waals surface area contributed by atoms with E-state index in [4.69, 9.17) is 41.0 Å². The van der Waals surface area contributed by atoms with Crippen molar-refractivity contribution in [2.75, 3.05) is 88.0 Å². The Morgan fingerprint density at radius 3 is 1.45 bits per heavy atom. The van der Waals surface area contributed by atoms with Crippen LogP contribution < -0.4 is 29.7 Å². The number of rotatable bonds is 11. The van der Waals surface area contributed by atoms with Gasteiger partial charge in [-0.1, -0.05) is 11.6 Å². The average Bonchev–Trinajstić information content (AvgIpc) is 3.22. The maximum absolute atomic E-state index is 10.8. The van der Waals surface area contributed by atoms with Gasteiger partial charge in [0.25, 0.3) is 17.1 Å². The molecule has 4 aromatic heterocycles. The molecule has 24 heteroatoms. The van der Waals surface area contributed by atoms with Gasteiger partial charge in [0.05, 0.1) is 81.8 Å². The lowest BCUT2D eigenvalue weighted by atomic mass is 10.3. The zero-order chi connectivity index (χ0) is 42.6. The number of anilines is 3. The molecule has 314 valence electrons. The zero-order valence-corrected chi connectivity index (χ0v) is 35.6. The van der Waals surface area contributed by atoms with Crippen molar-refractivity contribution in [3.05, 3.63) is 93.5 Å².